The van der Waals surface area contributed by atoms with Crippen molar-refractivity contribution < 1.29 is 4.39 Å². The standard InChI is InChI=1S/C19H18ClFN4S/c1-12-5-3-4-6-17(12)22-19(26)23-18-9-13(2)25(24-18)11-14-7-8-15(21)10-16(14)20/h3-10H,11H2,1-2H3,(H2,22,23,24,26). The van der Waals surface area contributed by atoms with E-state index in [2.05, 4.69) is 15.7 Å². The molecule has 7 heteroatoms. The fourth-order valence-corrected chi connectivity index (χ4v) is 2.97. The average molecular weight is 389 g/mol. The lowest BCUT2D eigenvalue weighted by atomic mass is 10.2. The van der Waals surface area contributed by atoms with E-state index in [0.717, 1.165) is 22.5 Å². The molecule has 4 nitrogen and oxygen atoms in total. The lowest BCUT2D eigenvalue weighted by Gasteiger charge is -2.10. The van der Waals surface area contributed by atoms with Crippen molar-refractivity contribution in [2.45, 2.75) is 20.4 Å². The number of hydrogen-bond donors (Lipinski definition) is 2. The number of nitrogens with one attached hydrogen (secondary N) is 2. The van der Waals surface area contributed by atoms with Crippen molar-refractivity contribution in [3.05, 3.63) is 76.2 Å². The molecule has 3 aromatic rings. The zero-order valence-electron chi connectivity index (χ0n) is 14.4. The molecule has 1 heterocycles. The zero-order valence-corrected chi connectivity index (χ0v) is 16.0. The van der Waals surface area contributed by atoms with Crippen LogP contribution < -0.4 is 10.6 Å². The molecule has 0 unspecified atom stereocenters. The summed E-state index contributed by atoms with van der Waals surface area (Å²) in [5, 5.41) is 11.6. The summed E-state index contributed by atoms with van der Waals surface area (Å²) in [4.78, 5) is 0. The van der Waals surface area contributed by atoms with Crippen LogP contribution in [0.15, 0.2) is 48.5 Å². The number of rotatable bonds is 4. The smallest absolute Gasteiger partial charge is 0.176 e. The van der Waals surface area contributed by atoms with Gasteiger partial charge in [-0.3, -0.25) is 4.68 Å². The summed E-state index contributed by atoms with van der Waals surface area (Å²) in [6.45, 7) is 4.40. The third-order valence-electron chi connectivity index (χ3n) is 3.95. The molecule has 0 spiro atoms. The summed E-state index contributed by atoms with van der Waals surface area (Å²) in [5.41, 5.74) is 3.78. The molecule has 134 valence electrons. The summed E-state index contributed by atoms with van der Waals surface area (Å²) in [6, 6.07) is 14.1. The van der Waals surface area contributed by atoms with E-state index < -0.39 is 0 Å². The van der Waals surface area contributed by atoms with E-state index in [9.17, 15) is 4.39 Å². The maximum Gasteiger partial charge on any atom is 0.176 e. The minimum atomic E-state index is -0.356. The van der Waals surface area contributed by atoms with Crippen molar-refractivity contribution >= 4 is 40.4 Å². The second-order valence-electron chi connectivity index (χ2n) is 5.96. The molecule has 0 amide bonds. The molecular weight excluding hydrogens is 371 g/mol. The second-order valence-corrected chi connectivity index (χ2v) is 6.77. The molecule has 0 aliphatic rings. The van der Waals surface area contributed by atoms with Gasteiger partial charge < -0.3 is 10.6 Å². The molecule has 0 bridgehead atoms. The van der Waals surface area contributed by atoms with E-state index in [1.165, 1.54) is 12.1 Å². The van der Waals surface area contributed by atoms with Crippen molar-refractivity contribution in [3.63, 3.8) is 0 Å². The van der Waals surface area contributed by atoms with Crippen LogP contribution in [-0.2, 0) is 6.54 Å². The molecule has 3 rings (SSSR count). The van der Waals surface area contributed by atoms with Crippen LogP contribution in [0.2, 0.25) is 5.02 Å². The van der Waals surface area contributed by atoms with Gasteiger partial charge in [0, 0.05) is 22.5 Å². The molecule has 0 fully saturated rings. The maximum atomic E-state index is 13.2. The van der Waals surface area contributed by atoms with Crippen LogP contribution in [-0.4, -0.2) is 14.9 Å². The van der Waals surface area contributed by atoms with Gasteiger partial charge >= 0.3 is 0 Å². The van der Waals surface area contributed by atoms with Gasteiger partial charge in [0.25, 0.3) is 0 Å². The zero-order chi connectivity index (χ0) is 18.7. The number of aromatic nitrogens is 2. The number of benzene rings is 2. The van der Waals surface area contributed by atoms with E-state index in [1.54, 1.807) is 10.7 Å². The van der Waals surface area contributed by atoms with Gasteiger partial charge in [0.05, 0.1) is 6.54 Å². The van der Waals surface area contributed by atoms with Gasteiger partial charge in [-0.05, 0) is 55.4 Å². The minimum Gasteiger partial charge on any atom is -0.332 e. The van der Waals surface area contributed by atoms with Crippen molar-refractivity contribution in [1.82, 2.24) is 9.78 Å². The average Bonchev–Trinajstić information content (AvgIpc) is 2.91. The van der Waals surface area contributed by atoms with Crippen molar-refractivity contribution in [2.24, 2.45) is 0 Å². The van der Waals surface area contributed by atoms with Crippen LogP contribution in [0.25, 0.3) is 0 Å². The Kier molecular flexibility index (Phi) is 5.54. The number of nitrogens with zero attached hydrogens (tertiary/aromatic N) is 2. The highest BCUT2D eigenvalue weighted by Gasteiger charge is 2.09. The summed E-state index contributed by atoms with van der Waals surface area (Å²) in [7, 11) is 0. The number of para-hydroxylation sites is 1. The molecule has 0 radical (unpaired) electrons. The van der Waals surface area contributed by atoms with Crippen LogP contribution in [0.4, 0.5) is 15.9 Å². The third-order valence-corrected chi connectivity index (χ3v) is 4.51. The Hall–Kier alpha value is -2.44. The van der Waals surface area contributed by atoms with E-state index in [1.807, 2.05) is 44.2 Å². The van der Waals surface area contributed by atoms with E-state index in [-0.39, 0.29) is 5.82 Å². The number of aryl methyl sites for hydroxylation is 2. The Balaban J connectivity index is 1.70. The van der Waals surface area contributed by atoms with Crippen LogP contribution in [0.3, 0.4) is 0 Å². The molecule has 2 N–H and O–H groups in total. The maximum absolute atomic E-state index is 13.2. The summed E-state index contributed by atoms with van der Waals surface area (Å²) < 4.78 is 15.0. The van der Waals surface area contributed by atoms with E-state index in [4.69, 9.17) is 23.8 Å². The van der Waals surface area contributed by atoms with Gasteiger partial charge in [-0.2, -0.15) is 5.10 Å². The van der Waals surface area contributed by atoms with Gasteiger partial charge in [0.15, 0.2) is 10.9 Å². The molecule has 0 saturated carbocycles. The molecule has 0 aliphatic heterocycles. The van der Waals surface area contributed by atoms with Crippen molar-refractivity contribution in [3.8, 4) is 0 Å². The summed E-state index contributed by atoms with van der Waals surface area (Å²) in [6.07, 6.45) is 0. The number of halogens is 2. The Morgan fingerprint density at radius 3 is 2.65 bits per heavy atom. The minimum absolute atomic E-state index is 0.356. The highest BCUT2D eigenvalue weighted by molar-refractivity contribution is 7.80. The first-order valence-corrected chi connectivity index (χ1v) is 8.83. The molecule has 2 aromatic carbocycles. The van der Waals surface area contributed by atoms with Gasteiger partial charge in [-0.1, -0.05) is 35.9 Å². The predicted molar refractivity (Wildman–Crippen MR) is 108 cm³/mol. The van der Waals surface area contributed by atoms with Crippen molar-refractivity contribution in [2.75, 3.05) is 10.6 Å². The molecule has 0 saturated heterocycles. The fourth-order valence-electron chi connectivity index (χ4n) is 2.53. The summed E-state index contributed by atoms with van der Waals surface area (Å²) in [5.74, 6) is 0.276. The second kappa shape index (κ2) is 7.85. The molecular formula is C19H18ClFN4S. The first-order chi connectivity index (χ1) is 12.4. The highest BCUT2D eigenvalue weighted by atomic mass is 35.5. The SMILES string of the molecule is Cc1ccccc1NC(=S)Nc1cc(C)n(Cc2ccc(F)cc2Cl)n1. The molecule has 0 aliphatic carbocycles. The number of thiocarbonyl (C=S) groups is 1. The van der Waals surface area contributed by atoms with Crippen LogP contribution >= 0.6 is 23.8 Å². The Labute approximate surface area is 162 Å². The van der Waals surface area contributed by atoms with Crippen LogP contribution in [0.1, 0.15) is 16.8 Å². The number of anilines is 2. The first kappa shape index (κ1) is 18.4. The Morgan fingerprint density at radius 1 is 1.15 bits per heavy atom. The van der Waals surface area contributed by atoms with Gasteiger partial charge in [0.1, 0.15) is 5.82 Å². The van der Waals surface area contributed by atoms with E-state index >= 15 is 0 Å². The normalized spacial score (nSPS) is 10.6. The number of hydrogen-bond acceptors (Lipinski definition) is 2. The van der Waals surface area contributed by atoms with Gasteiger partial charge in [0.2, 0.25) is 0 Å². The third kappa shape index (κ3) is 4.39. The molecule has 26 heavy (non-hydrogen) atoms. The largest absolute Gasteiger partial charge is 0.332 e. The predicted octanol–water partition coefficient (Wildman–Crippen LogP) is 5.15. The Bertz CT molecular complexity index is 954. The van der Waals surface area contributed by atoms with Crippen LogP contribution in [0, 0.1) is 19.7 Å². The quantitative estimate of drug-likeness (QED) is 0.606. The fraction of sp³-hybridized carbons (Fsp3) is 0.158. The Morgan fingerprint density at radius 2 is 1.92 bits per heavy atom. The van der Waals surface area contributed by atoms with Gasteiger partial charge in [-0.15, -0.1) is 0 Å². The molecule has 1 aromatic heterocycles. The molecule has 0 atom stereocenters. The monoisotopic (exact) mass is 388 g/mol. The van der Waals surface area contributed by atoms with Gasteiger partial charge in [-0.25, -0.2) is 4.39 Å². The first-order valence-electron chi connectivity index (χ1n) is 8.04. The van der Waals surface area contributed by atoms with Crippen molar-refractivity contribution in [1.29, 1.82) is 0 Å². The van der Waals surface area contributed by atoms with E-state index in [0.29, 0.717) is 22.5 Å². The topological polar surface area (TPSA) is 41.9 Å². The van der Waals surface area contributed by atoms with Crippen LogP contribution in [0.5, 0.6) is 0 Å². The highest BCUT2D eigenvalue weighted by Crippen LogP contribution is 2.20. The lowest BCUT2D eigenvalue weighted by Crippen LogP contribution is -2.20. The lowest BCUT2D eigenvalue weighted by molar-refractivity contribution is 0.623. The summed E-state index contributed by atoms with van der Waals surface area (Å²) >= 11 is 11.5.